The fraction of sp³-hybridized carbons (Fsp3) is 0.423. The Morgan fingerprint density at radius 1 is 1.11 bits per heavy atom. The summed E-state index contributed by atoms with van der Waals surface area (Å²) < 4.78 is 12.2. The van der Waals surface area contributed by atoms with Crippen molar-refractivity contribution in [1.82, 2.24) is 19.9 Å². The molecular formula is C26H29N7O3S. The Balaban J connectivity index is 1.31. The lowest BCUT2D eigenvalue weighted by Crippen LogP contribution is -2.41. The molecule has 6 rings (SSSR count). The molecule has 2 fully saturated rings. The van der Waals surface area contributed by atoms with E-state index in [0.29, 0.717) is 23.8 Å². The van der Waals surface area contributed by atoms with Crippen LogP contribution in [0.25, 0.3) is 21.8 Å². The van der Waals surface area contributed by atoms with E-state index in [1.807, 2.05) is 25.1 Å². The van der Waals surface area contributed by atoms with E-state index in [1.165, 1.54) is 12.7 Å². The molecule has 4 aromatic heterocycles. The molecule has 4 aromatic rings. The average Bonchev–Trinajstić information content (AvgIpc) is 3.56. The first kappa shape index (κ1) is 23.8. The molecule has 0 spiro atoms. The van der Waals surface area contributed by atoms with Gasteiger partial charge >= 0.3 is 0 Å². The number of rotatable bonds is 5. The zero-order valence-corrected chi connectivity index (χ0v) is 21.8. The molecule has 2 aliphatic heterocycles. The standard InChI is InChI=1S/C26H29N7O3S/c1-16-12-18(6-7-27-16)25-29-20(15-36-25)24(34)28-19-13-21-22(30-23(19)32-8-4-3-5-9-32)31-26(37-21)33-10-11-35-17(2)14-33/h6-7,12-13,15,17H,3-5,8-11,14H2,1-2H3,(H,28,34)/t17-/m0/s1. The number of aromatic nitrogens is 4. The summed E-state index contributed by atoms with van der Waals surface area (Å²) in [5.74, 6) is 0.792. The smallest absolute Gasteiger partial charge is 0.277 e. The second-order valence-electron chi connectivity index (χ2n) is 9.53. The van der Waals surface area contributed by atoms with Crippen molar-refractivity contribution in [3.05, 3.63) is 42.0 Å². The van der Waals surface area contributed by atoms with Crippen molar-refractivity contribution in [3.8, 4) is 11.5 Å². The molecule has 0 aliphatic carbocycles. The third-order valence-electron chi connectivity index (χ3n) is 6.65. The summed E-state index contributed by atoms with van der Waals surface area (Å²) in [6.07, 6.45) is 6.64. The molecule has 0 saturated carbocycles. The van der Waals surface area contributed by atoms with Gasteiger partial charge in [0.15, 0.2) is 22.3 Å². The van der Waals surface area contributed by atoms with Gasteiger partial charge in [-0.3, -0.25) is 9.78 Å². The van der Waals surface area contributed by atoms with Gasteiger partial charge in [-0.25, -0.2) is 9.97 Å². The van der Waals surface area contributed by atoms with Gasteiger partial charge < -0.3 is 24.3 Å². The van der Waals surface area contributed by atoms with E-state index < -0.39 is 0 Å². The number of anilines is 3. The minimum absolute atomic E-state index is 0.163. The fourth-order valence-corrected chi connectivity index (χ4v) is 5.77. The average molecular weight is 520 g/mol. The first-order chi connectivity index (χ1) is 18.0. The van der Waals surface area contributed by atoms with Crippen LogP contribution >= 0.6 is 11.3 Å². The number of piperidine rings is 1. The number of thiazole rings is 1. The highest BCUT2D eigenvalue weighted by atomic mass is 32.1. The second kappa shape index (κ2) is 10.1. The number of morpholine rings is 1. The number of fused-ring (bicyclic) bond motifs is 1. The van der Waals surface area contributed by atoms with Gasteiger partial charge in [-0.05, 0) is 51.3 Å². The maximum absolute atomic E-state index is 13.3. The summed E-state index contributed by atoms with van der Waals surface area (Å²) in [4.78, 5) is 36.2. The molecule has 1 atom stereocenters. The highest BCUT2D eigenvalue weighted by molar-refractivity contribution is 7.22. The predicted octanol–water partition coefficient (Wildman–Crippen LogP) is 4.52. The van der Waals surface area contributed by atoms with Crippen molar-refractivity contribution in [2.45, 2.75) is 39.2 Å². The van der Waals surface area contributed by atoms with Crippen molar-refractivity contribution in [1.29, 1.82) is 0 Å². The first-order valence-corrected chi connectivity index (χ1v) is 13.5. The van der Waals surface area contributed by atoms with Gasteiger partial charge in [-0.15, -0.1) is 0 Å². The van der Waals surface area contributed by atoms with Crippen LogP contribution in [0.2, 0.25) is 0 Å². The van der Waals surface area contributed by atoms with Crippen molar-refractivity contribution in [2.75, 3.05) is 47.9 Å². The van der Waals surface area contributed by atoms with Gasteiger partial charge in [0, 0.05) is 43.6 Å². The largest absolute Gasteiger partial charge is 0.444 e. The molecule has 11 heteroatoms. The van der Waals surface area contributed by atoms with Gasteiger partial charge in [-0.1, -0.05) is 11.3 Å². The van der Waals surface area contributed by atoms with Crippen LogP contribution in [-0.4, -0.2) is 64.7 Å². The molecule has 192 valence electrons. The summed E-state index contributed by atoms with van der Waals surface area (Å²) in [5, 5.41) is 3.99. The van der Waals surface area contributed by atoms with Crippen molar-refractivity contribution >= 4 is 44.2 Å². The summed E-state index contributed by atoms with van der Waals surface area (Å²) in [6.45, 7) is 8.06. The van der Waals surface area contributed by atoms with Crippen LogP contribution in [0.1, 0.15) is 42.4 Å². The molecule has 6 heterocycles. The number of pyridine rings is 2. The number of aryl methyl sites for hydroxylation is 1. The molecule has 0 unspecified atom stereocenters. The first-order valence-electron chi connectivity index (χ1n) is 12.7. The number of amides is 1. The molecular weight excluding hydrogens is 490 g/mol. The van der Waals surface area contributed by atoms with Crippen LogP contribution in [0.3, 0.4) is 0 Å². The number of carbonyl (C=O) groups excluding carboxylic acids is 1. The topological polar surface area (TPSA) is 110 Å². The Morgan fingerprint density at radius 2 is 1.97 bits per heavy atom. The number of carbonyl (C=O) groups is 1. The van der Waals surface area contributed by atoms with Crippen LogP contribution in [0.4, 0.5) is 16.6 Å². The summed E-state index contributed by atoms with van der Waals surface area (Å²) in [6, 6.07) is 5.67. The number of ether oxygens (including phenoxy) is 1. The van der Waals surface area contributed by atoms with Crippen molar-refractivity contribution in [3.63, 3.8) is 0 Å². The highest BCUT2D eigenvalue weighted by Crippen LogP contribution is 2.36. The lowest BCUT2D eigenvalue weighted by atomic mass is 10.1. The van der Waals surface area contributed by atoms with Gasteiger partial charge in [-0.2, -0.15) is 4.98 Å². The number of hydrogen-bond acceptors (Lipinski definition) is 10. The Morgan fingerprint density at radius 3 is 2.78 bits per heavy atom. The van der Waals surface area contributed by atoms with Crippen LogP contribution in [0.15, 0.2) is 35.1 Å². The van der Waals surface area contributed by atoms with E-state index >= 15 is 0 Å². The Kier molecular flexibility index (Phi) is 6.47. The number of hydrogen-bond donors (Lipinski definition) is 1. The number of nitrogens with one attached hydrogen (secondary N) is 1. The van der Waals surface area contributed by atoms with E-state index in [2.05, 4.69) is 32.0 Å². The quantitative estimate of drug-likeness (QED) is 0.407. The Bertz CT molecular complexity index is 1430. The van der Waals surface area contributed by atoms with E-state index in [4.69, 9.17) is 19.1 Å². The van der Waals surface area contributed by atoms with Crippen molar-refractivity contribution in [2.24, 2.45) is 0 Å². The van der Waals surface area contributed by atoms with Gasteiger partial charge in [0.25, 0.3) is 5.91 Å². The lowest BCUT2D eigenvalue weighted by molar-refractivity contribution is 0.0532. The van der Waals surface area contributed by atoms with Gasteiger partial charge in [0.1, 0.15) is 6.26 Å². The normalized spacial score (nSPS) is 18.4. The maximum Gasteiger partial charge on any atom is 0.277 e. The molecule has 2 aliphatic rings. The Hall–Kier alpha value is -3.57. The molecule has 0 radical (unpaired) electrons. The molecule has 1 N–H and O–H groups in total. The molecule has 0 bridgehead atoms. The molecule has 1 amide bonds. The summed E-state index contributed by atoms with van der Waals surface area (Å²) in [5.41, 5.74) is 3.20. The fourth-order valence-electron chi connectivity index (χ4n) is 4.78. The van der Waals surface area contributed by atoms with Gasteiger partial charge in [0.2, 0.25) is 5.89 Å². The van der Waals surface area contributed by atoms with E-state index in [1.54, 1.807) is 17.5 Å². The van der Waals surface area contributed by atoms with Crippen molar-refractivity contribution < 1.29 is 13.9 Å². The summed E-state index contributed by atoms with van der Waals surface area (Å²) in [7, 11) is 0. The molecule has 2 saturated heterocycles. The second-order valence-corrected chi connectivity index (χ2v) is 10.5. The van der Waals surface area contributed by atoms with E-state index in [0.717, 1.165) is 65.9 Å². The van der Waals surface area contributed by atoms with E-state index in [9.17, 15) is 4.79 Å². The van der Waals surface area contributed by atoms with Crippen LogP contribution < -0.4 is 15.1 Å². The third-order valence-corrected chi connectivity index (χ3v) is 7.70. The zero-order valence-electron chi connectivity index (χ0n) is 20.9. The van der Waals surface area contributed by atoms with Crippen LogP contribution in [0.5, 0.6) is 0 Å². The Labute approximate surface area is 218 Å². The lowest BCUT2D eigenvalue weighted by Gasteiger charge is -2.30. The van der Waals surface area contributed by atoms with E-state index in [-0.39, 0.29) is 17.7 Å². The molecule has 10 nitrogen and oxygen atoms in total. The zero-order chi connectivity index (χ0) is 25.4. The SMILES string of the molecule is Cc1cc(-c2nc(C(=O)Nc3cc4sc(N5CCO[C@@H](C)C5)nc4nc3N3CCCCC3)co2)ccn1. The number of nitrogens with zero attached hydrogens (tertiary/aromatic N) is 6. The molecule has 0 aromatic carbocycles. The van der Waals surface area contributed by atoms with Crippen LogP contribution in [0, 0.1) is 6.92 Å². The van der Waals surface area contributed by atoms with Gasteiger partial charge in [0.05, 0.1) is 23.1 Å². The monoisotopic (exact) mass is 519 g/mol. The minimum atomic E-state index is -0.341. The maximum atomic E-state index is 13.3. The minimum Gasteiger partial charge on any atom is -0.444 e. The number of oxazole rings is 1. The van der Waals surface area contributed by atoms with Crippen LogP contribution in [-0.2, 0) is 4.74 Å². The third kappa shape index (κ3) is 5.01. The molecule has 37 heavy (non-hydrogen) atoms. The predicted molar refractivity (Wildman–Crippen MR) is 144 cm³/mol. The summed E-state index contributed by atoms with van der Waals surface area (Å²) >= 11 is 1.59. The highest BCUT2D eigenvalue weighted by Gasteiger charge is 2.24.